The number of benzene rings is 3. The van der Waals surface area contributed by atoms with Crippen molar-refractivity contribution in [3.63, 3.8) is 0 Å². The van der Waals surface area contributed by atoms with Crippen LogP contribution in [-0.2, 0) is 17.6 Å². The van der Waals surface area contributed by atoms with Crippen molar-refractivity contribution in [2.24, 2.45) is 0 Å². The second-order valence-electron chi connectivity index (χ2n) is 7.41. The summed E-state index contributed by atoms with van der Waals surface area (Å²) in [6.07, 6.45) is -2.95. The molecule has 0 aliphatic carbocycles. The summed E-state index contributed by atoms with van der Waals surface area (Å²) in [6, 6.07) is 12.7. The van der Waals surface area contributed by atoms with Crippen molar-refractivity contribution >= 4 is 39.2 Å². The van der Waals surface area contributed by atoms with Gasteiger partial charge in [0.1, 0.15) is 12.4 Å². The molecule has 0 fully saturated rings. The molecule has 0 saturated carbocycles. The minimum atomic E-state index is -4.51. The average Bonchev–Trinajstić information content (AvgIpc) is 3.08. The lowest BCUT2D eigenvalue weighted by Crippen LogP contribution is -2.06. The summed E-state index contributed by atoms with van der Waals surface area (Å²) in [5.74, 6) is -0.176. The van der Waals surface area contributed by atoms with Crippen molar-refractivity contribution in [3.05, 3.63) is 87.1 Å². The van der Waals surface area contributed by atoms with E-state index in [0.29, 0.717) is 39.3 Å². The van der Waals surface area contributed by atoms with Gasteiger partial charge in [0.05, 0.1) is 16.6 Å². The van der Waals surface area contributed by atoms with Gasteiger partial charge in [-0.1, -0.05) is 24.3 Å². The Bertz CT molecular complexity index is 1290. The molecule has 34 heavy (non-hydrogen) atoms. The number of anilines is 1. The number of rotatable bonds is 6. The molecule has 1 heterocycles. The molecule has 0 spiro atoms. The summed E-state index contributed by atoms with van der Waals surface area (Å²) in [5.41, 5.74) is 0.780. The molecule has 0 unspecified atom stereocenters. The molecule has 4 nitrogen and oxygen atoms in total. The zero-order valence-corrected chi connectivity index (χ0v) is 19.4. The van der Waals surface area contributed by atoms with Crippen molar-refractivity contribution in [1.29, 1.82) is 0 Å². The number of carbonyl (C=O) groups is 1. The van der Waals surface area contributed by atoms with Crippen LogP contribution in [0.2, 0.25) is 0 Å². The Balaban J connectivity index is 1.67. The average molecular weight is 536 g/mol. The SMILES string of the molecule is CCOc1cc(/C=C2\C(=O)Nc3cc(C(F)(F)F)ccc32)cc(Br)c1OCc1ccccc1F. The molecule has 0 saturated heterocycles. The number of hydrogen-bond donors (Lipinski definition) is 1. The highest BCUT2D eigenvalue weighted by Crippen LogP contribution is 2.41. The number of fused-ring (bicyclic) bond motifs is 1. The monoisotopic (exact) mass is 535 g/mol. The van der Waals surface area contributed by atoms with Crippen molar-refractivity contribution in [2.75, 3.05) is 11.9 Å². The van der Waals surface area contributed by atoms with Crippen LogP contribution in [0, 0.1) is 5.82 Å². The molecule has 176 valence electrons. The Kier molecular flexibility index (Phi) is 6.65. The molecule has 0 radical (unpaired) electrons. The first kappa shape index (κ1) is 23.8. The van der Waals surface area contributed by atoms with Crippen LogP contribution in [0.4, 0.5) is 23.2 Å². The smallest absolute Gasteiger partial charge is 0.416 e. The highest BCUT2D eigenvalue weighted by Gasteiger charge is 2.33. The predicted molar refractivity (Wildman–Crippen MR) is 124 cm³/mol. The normalized spacial score (nSPS) is 14.2. The molecular weight excluding hydrogens is 518 g/mol. The van der Waals surface area contributed by atoms with Crippen LogP contribution in [0.5, 0.6) is 11.5 Å². The molecular formula is C25H18BrF4NO3. The third kappa shape index (κ3) is 4.94. The van der Waals surface area contributed by atoms with E-state index in [2.05, 4.69) is 21.2 Å². The van der Waals surface area contributed by atoms with Gasteiger partial charge in [-0.25, -0.2) is 4.39 Å². The Labute approximate surface area is 201 Å². The van der Waals surface area contributed by atoms with Crippen LogP contribution in [-0.4, -0.2) is 12.5 Å². The van der Waals surface area contributed by atoms with Gasteiger partial charge in [0, 0.05) is 22.4 Å². The van der Waals surface area contributed by atoms with E-state index in [0.717, 1.165) is 12.1 Å². The van der Waals surface area contributed by atoms with E-state index in [9.17, 15) is 22.4 Å². The molecule has 0 bridgehead atoms. The molecule has 3 aromatic rings. The minimum Gasteiger partial charge on any atom is -0.490 e. The Morgan fingerprint density at radius 3 is 2.53 bits per heavy atom. The highest BCUT2D eigenvalue weighted by molar-refractivity contribution is 9.10. The van der Waals surface area contributed by atoms with E-state index < -0.39 is 23.5 Å². The van der Waals surface area contributed by atoms with Crippen molar-refractivity contribution in [3.8, 4) is 11.5 Å². The van der Waals surface area contributed by atoms with E-state index in [4.69, 9.17) is 9.47 Å². The fourth-order valence-electron chi connectivity index (χ4n) is 3.52. The number of ether oxygens (including phenoxy) is 2. The molecule has 1 amide bonds. The second-order valence-corrected chi connectivity index (χ2v) is 8.27. The van der Waals surface area contributed by atoms with Gasteiger partial charge in [-0.15, -0.1) is 0 Å². The van der Waals surface area contributed by atoms with Gasteiger partial charge < -0.3 is 14.8 Å². The van der Waals surface area contributed by atoms with E-state index >= 15 is 0 Å². The van der Waals surface area contributed by atoms with Crippen LogP contribution < -0.4 is 14.8 Å². The van der Waals surface area contributed by atoms with E-state index in [1.54, 1.807) is 43.3 Å². The largest absolute Gasteiger partial charge is 0.490 e. The highest BCUT2D eigenvalue weighted by atomic mass is 79.9. The maximum absolute atomic E-state index is 14.0. The van der Waals surface area contributed by atoms with Gasteiger partial charge in [0.25, 0.3) is 5.91 Å². The summed E-state index contributed by atoms with van der Waals surface area (Å²) in [6.45, 7) is 2.09. The number of halogens is 5. The lowest BCUT2D eigenvalue weighted by atomic mass is 10.0. The molecule has 1 aliphatic rings. The Morgan fingerprint density at radius 2 is 1.82 bits per heavy atom. The number of alkyl halides is 3. The maximum atomic E-state index is 14.0. The summed E-state index contributed by atoms with van der Waals surface area (Å²) in [5, 5.41) is 2.48. The fraction of sp³-hybridized carbons (Fsp3) is 0.160. The number of nitrogens with one attached hydrogen (secondary N) is 1. The van der Waals surface area contributed by atoms with E-state index in [-0.39, 0.29) is 17.9 Å². The lowest BCUT2D eigenvalue weighted by molar-refractivity contribution is -0.137. The van der Waals surface area contributed by atoms with Crippen molar-refractivity contribution < 1.29 is 31.8 Å². The third-order valence-corrected chi connectivity index (χ3v) is 5.69. The number of hydrogen-bond acceptors (Lipinski definition) is 3. The summed E-state index contributed by atoms with van der Waals surface area (Å²) in [7, 11) is 0. The van der Waals surface area contributed by atoms with Crippen LogP contribution in [0.15, 0.2) is 59.1 Å². The minimum absolute atomic E-state index is 0.0247. The summed E-state index contributed by atoms with van der Waals surface area (Å²) in [4.78, 5) is 12.5. The third-order valence-electron chi connectivity index (χ3n) is 5.10. The first-order valence-corrected chi connectivity index (χ1v) is 11.0. The predicted octanol–water partition coefficient (Wildman–Crippen LogP) is 7.08. The van der Waals surface area contributed by atoms with Crippen LogP contribution in [0.3, 0.4) is 0 Å². The zero-order chi connectivity index (χ0) is 24.5. The Morgan fingerprint density at radius 1 is 1.06 bits per heavy atom. The standard InChI is InChI=1S/C25H18BrF4NO3/c1-2-33-22-11-14(10-19(26)23(22)34-13-15-5-3-4-6-20(15)27)9-18-17-8-7-16(25(28,29)30)12-21(17)31-24(18)32/h3-12H,2,13H2,1H3,(H,31,32)/b18-9-. The van der Waals surface area contributed by atoms with Gasteiger partial charge >= 0.3 is 6.18 Å². The molecule has 0 aromatic heterocycles. The summed E-state index contributed by atoms with van der Waals surface area (Å²) >= 11 is 3.43. The van der Waals surface area contributed by atoms with Crippen LogP contribution >= 0.6 is 15.9 Å². The molecule has 3 aromatic carbocycles. The second kappa shape index (κ2) is 9.50. The van der Waals surface area contributed by atoms with Gasteiger partial charge in [0.2, 0.25) is 0 Å². The van der Waals surface area contributed by atoms with Crippen molar-refractivity contribution in [2.45, 2.75) is 19.7 Å². The van der Waals surface area contributed by atoms with Gasteiger partial charge in [-0.05, 0) is 64.8 Å². The molecule has 4 rings (SSSR count). The number of carbonyl (C=O) groups excluding carboxylic acids is 1. The van der Waals surface area contributed by atoms with Gasteiger partial charge in [-0.2, -0.15) is 13.2 Å². The molecule has 1 N–H and O–H groups in total. The summed E-state index contributed by atoms with van der Waals surface area (Å²) < 4.78 is 65.0. The zero-order valence-electron chi connectivity index (χ0n) is 17.8. The quantitative estimate of drug-likeness (QED) is 0.271. The van der Waals surface area contributed by atoms with Crippen LogP contribution in [0.25, 0.3) is 11.6 Å². The molecule has 9 heteroatoms. The van der Waals surface area contributed by atoms with E-state index in [1.165, 1.54) is 12.1 Å². The van der Waals surface area contributed by atoms with E-state index in [1.807, 2.05) is 0 Å². The Hall–Kier alpha value is -3.33. The van der Waals surface area contributed by atoms with Gasteiger partial charge in [-0.3, -0.25) is 4.79 Å². The fourth-order valence-corrected chi connectivity index (χ4v) is 4.09. The first-order chi connectivity index (χ1) is 16.2. The topological polar surface area (TPSA) is 47.6 Å². The lowest BCUT2D eigenvalue weighted by Gasteiger charge is -2.15. The molecule has 1 aliphatic heterocycles. The van der Waals surface area contributed by atoms with Crippen LogP contribution in [0.1, 0.15) is 29.2 Å². The maximum Gasteiger partial charge on any atom is 0.416 e. The number of amides is 1. The molecule has 0 atom stereocenters. The van der Waals surface area contributed by atoms with Crippen molar-refractivity contribution in [1.82, 2.24) is 0 Å². The van der Waals surface area contributed by atoms with Gasteiger partial charge in [0.15, 0.2) is 11.5 Å². The first-order valence-electron chi connectivity index (χ1n) is 10.2.